The summed E-state index contributed by atoms with van der Waals surface area (Å²) >= 11 is 0. The van der Waals surface area contributed by atoms with Crippen molar-refractivity contribution >= 4 is 22.3 Å². The first-order valence-corrected chi connectivity index (χ1v) is 6.19. The number of hydrogen-bond acceptors (Lipinski definition) is 4. The molecule has 0 fully saturated rings. The zero-order valence-electron chi connectivity index (χ0n) is 10.4. The van der Waals surface area contributed by atoms with Gasteiger partial charge in [-0.05, 0) is 6.07 Å². The van der Waals surface area contributed by atoms with Crippen molar-refractivity contribution in [1.82, 2.24) is 15.0 Å². The molecule has 3 rings (SSSR count). The molecule has 0 amide bonds. The number of para-hydroxylation sites is 1. The maximum absolute atomic E-state index is 6.00. The van der Waals surface area contributed by atoms with E-state index in [1.165, 1.54) is 0 Å². The number of nitrogen functional groups attached to an aromatic ring is 1. The molecule has 0 atom stereocenters. The number of hydrogen-bond donors (Lipinski definition) is 3. The summed E-state index contributed by atoms with van der Waals surface area (Å²) in [6.07, 6.45) is 6.08. The SMILES string of the molecule is Nc1cnc2ccccc2c1NCCc1cnc[nH]1. The Balaban J connectivity index is 1.81. The second-order valence-electron chi connectivity index (χ2n) is 4.36. The number of rotatable bonds is 4. The van der Waals surface area contributed by atoms with Crippen LogP contribution in [0.1, 0.15) is 5.69 Å². The first-order chi connectivity index (χ1) is 9.34. The van der Waals surface area contributed by atoms with Crippen molar-refractivity contribution in [2.45, 2.75) is 6.42 Å². The molecule has 1 aromatic carbocycles. The highest BCUT2D eigenvalue weighted by Gasteiger charge is 2.05. The van der Waals surface area contributed by atoms with Crippen LogP contribution in [0.5, 0.6) is 0 Å². The Kier molecular flexibility index (Phi) is 3.02. The third-order valence-electron chi connectivity index (χ3n) is 3.06. The summed E-state index contributed by atoms with van der Waals surface area (Å²) in [5.74, 6) is 0. The van der Waals surface area contributed by atoms with Gasteiger partial charge in [-0.25, -0.2) is 4.98 Å². The van der Waals surface area contributed by atoms with Gasteiger partial charge in [0.15, 0.2) is 0 Å². The highest BCUT2D eigenvalue weighted by Crippen LogP contribution is 2.27. The number of fused-ring (bicyclic) bond motifs is 1. The van der Waals surface area contributed by atoms with E-state index in [-0.39, 0.29) is 0 Å². The molecule has 4 N–H and O–H groups in total. The summed E-state index contributed by atoms with van der Waals surface area (Å²) in [6, 6.07) is 7.97. The minimum atomic E-state index is 0.670. The number of pyridine rings is 1. The molecule has 0 saturated heterocycles. The maximum atomic E-state index is 6.00. The predicted octanol–water partition coefficient (Wildman–Crippen LogP) is 2.19. The molecule has 0 spiro atoms. The molecule has 3 aromatic rings. The minimum absolute atomic E-state index is 0.670. The van der Waals surface area contributed by atoms with Gasteiger partial charge in [0.1, 0.15) is 0 Å². The third kappa shape index (κ3) is 2.35. The number of nitrogens with two attached hydrogens (primary N) is 1. The summed E-state index contributed by atoms with van der Waals surface area (Å²) in [4.78, 5) is 11.4. The monoisotopic (exact) mass is 253 g/mol. The van der Waals surface area contributed by atoms with Crippen LogP contribution in [-0.4, -0.2) is 21.5 Å². The zero-order valence-corrected chi connectivity index (χ0v) is 10.4. The van der Waals surface area contributed by atoms with E-state index in [1.807, 2.05) is 30.5 Å². The van der Waals surface area contributed by atoms with E-state index >= 15 is 0 Å². The van der Waals surface area contributed by atoms with Gasteiger partial charge in [-0.1, -0.05) is 18.2 Å². The molecule has 0 bridgehead atoms. The number of benzene rings is 1. The van der Waals surface area contributed by atoms with Crippen LogP contribution < -0.4 is 11.1 Å². The lowest BCUT2D eigenvalue weighted by molar-refractivity contribution is 0.978. The zero-order chi connectivity index (χ0) is 13.1. The average Bonchev–Trinajstić information content (AvgIpc) is 2.94. The lowest BCUT2D eigenvalue weighted by atomic mass is 10.1. The van der Waals surface area contributed by atoms with Crippen LogP contribution in [0, 0.1) is 0 Å². The molecule has 0 unspecified atom stereocenters. The molecule has 0 aliphatic heterocycles. The largest absolute Gasteiger partial charge is 0.396 e. The lowest BCUT2D eigenvalue weighted by Crippen LogP contribution is -2.08. The van der Waals surface area contributed by atoms with Crippen molar-refractivity contribution in [2.75, 3.05) is 17.6 Å². The first-order valence-electron chi connectivity index (χ1n) is 6.19. The molecular weight excluding hydrogens is 238 g/mol. The van der Waals surface area contributed by atoms with Gasteiger partial charge in [-0.3, -0.25) is 4.98 Å². The fraction of sp³-hybridized carbons (Fsp3) is 0.143. The van der Waals surface area contributed by atoms with Gasteiger partial charge >= 0.3 is 0 Å². The van der Waals surface area contributed by atoms with Gasteiger partial charge in [0.25, 0.3) is 0 Å². The van der Waals surface area contributed by atoms with E-state index in [2.05, 4.69) is 20.3 Å². The van der Waals surface area contributed by atoms with Gasteiger partial charge < -0.3 is 16.0 Å². The van der Waals surface area contributed by atoms with E-state index in [9.17, 15) is 0 Å². The van der Waals surface area contributed by atoms with Crippen molar-refractivity contribution in [3.63, 3.8) is 0 Å². The fourth-order valence-electron chi connectivity index (χ4n) is 2.10. The summed E-state index contributed by atoms with van der Waals surface area (Å²) in [6.45, 7) is 0.792. The Hall–Kier alpha value is -2.56. The quantitative estimate of drug-likeness (QED) is 0.666. The predicted molar refractivity (Wildman–Crippen MR) is 76.9 cm³/mol. The van der Waals surface area contributed by atoms with Crippen LogP contribution in [0.2, 0.25) is 0 Å². The van der Waals surface area contributed by atoms with Crippen LogP contribution in [0.25, 0.3) is 10.9 Å². The first kappa shape index (κ1) is 11.5. The Morgan fingerprint density at radius 2 is 2.11 bits per heavy atom. The van der Waals surface area contributed by atoms with Crippen molar-refractivity contribution in [2.24, 2.45) is 0 Å². The molecule has 0 saturated carbocycles. The third-order valence-corrected chi connectivity index (χ3v) is 3.06. The van der Waals surface area contributed by atoms with Crippen LogP contribution in [0.15, 0.2) is 43.0 Å². The van der Waals surface area contributed by atoms with Crippen LogP contribution >= 0.6 is 0 Å². The number of aromatic nitrogens is 3. The molecule has 0 aliphatic rings. The average molecular weight is 253 g/mol. The van der Waals surface area contributed by atoms with Crippen molar-refractivity contribution in [3.05, 3.63) is 48.7 Å². The fourth-order valence-corrected chi connectivity index (χ4v) is 2.10. The Bertz CT molecular complexity index is 675. The molecular formula is C14H15N5. The molecule has 0 aliphatic carbocycles. The Morgan fingerprint density at radius 1 is 1.21 bits per heavy atom. The molecule has 19 heavy (non-hydrogen) atoms. The molecule has 5 nitrogen and oxygen atoms in total. The standard InChI is InChI=1S/C14H15N5/c15-12-8-18-13-4-2-1-3-11(13)14(12)17-6-5-10-7-16-9-19-10/h1-4,7-9H,5-6,15H2,(H,16,19)(H,17,18). The Morgan fingerprint density at radius 3 is 2.95 bits per heavy atom. The lowest BCUT2D eigenvalue weighted by Gasteiger charge is -2.11. The Labute approximate surface area is 110 Å². The summed E-state index contributed by atoms with van der Waals surface area (Å²) in [5, 5.41) is 4.43. The van der Waals surface area contributed by atoms with Crippen LogP contribution in [-0.2, 0) is 6.42 Å². The number of aromatic amines is 1. The molecule has 5 heteroatoms. The van der Waals surface area contributed by atoms with E-state index < -0.39 is 0 Å². The second-order valence-corrected chi connectivity index (χ2v) is 4.36. The highest BCUT2D eigenvalue weighted by molar-refractivity contribution is 5.96. The van der Waals surface area contributed by atoms with Crippen molar-refractivity contribution in [3.8, 4) is 0 Å². The minimum Gasteiger partial charge on any atom is -0.396 e. The summed E-state index contributed by atoms with van der Waals surface area (Å²) < 4.78 is 0. The van der Waals surface area contributed by atoms with Crippen molar-refractivity contribution < 1.29 is 0 Å². The van der Waals surface area contributed by atoms with Gasteiger partial charge in [-0.2, -0.15) is 0 Å². The summed E-state index contributed by atoms with van der Waals surface area (Å²) in [5.41, 5.74) is 9.67. The normalized spacial score (nSPS) is 10.7. The van der Waals surface area contributed by atoms with E-state index in [4.69, 9.17) is 5.73 Å². The second kappa shape index (κ2) is 4.97. The number of H-pyrrole nitrogens is 1. The topological polar surface area (TPSA) is 79.6 Å². The molecule has 2 aromatic heterocycles. The van der Waals surface area contributed by atoms with E-state index in [1.54, 1.807) is 12.5 Å². The highest BCUT2D eigenvalue weighted by atomic mass is 14.9. The number of nitrogens with zero attached hydrogens (tertiary/aromatic N) is 2. The van der Waals surface area contributed by atoms with Crippen LogP contribution in [0.4, 0.5) is 11.4 Å². The van der Waals surface area contributed by atoms with Gasteiger partial charge in [0.05, 0.1) is 29.4 Å². The van der Waals surface area contributed by atoms with Crippen molar-refractivity contribution in [1.29, 1.82) is 0 Å². The number of anilines is 2. The maximum Gasteiger partial charge on any atom is 0.0921 e. The smallest absolute Gasteiger partial charge is 0.0921 e. The number of imidazole rings is 1. The van der Waals surface area contributed by atoms with Gasteiger partial charge in [0, 0.05) is 30.2 Å². The molecule has 0 radical (unpaired) electrons. The molecule has 2 heterocycles. The number of nitrogens with one attached hydrogen (secondary N) is 2. The van der Waals surface area contributed by atoms with E-state index in [0.29, 0.717) is 5.69 Å². The molecule has 96 valence electrons. The van der Waals surface area contributed by atoms with Crippen LogP contribution in [0.3, 0.4) is 0 Å². The van der Waals surface area contributed by atoms with E-state index in [0.717, 1.165) is 35.2 Å². The summed E-state index contributed by atoms with van der Waals surface area (Å²) in [7, 11) is 0. The van der Waals surface area contributed by atoms with Gasteiger partial charge in [0.2, 0.25) is 0 Å². The van der Waals surface area contributed by atoms with Gasteiger partial charge in [-0.15, -0.1) is 0 Å².